The first kappa shape index (κ1) is 14.1. The van der Waals surface area contributed by atoms with Crippen LogP contribution in [-0.2, 0) is 0 Å². The van der Waals surface area contributed by atoms with Gasteiger partial charge in [0.1, 0.15) is 17.0 Å². The van der Waals surface area contributed by atoms with Crippen molar-refractivity contribution in [2.24, 2.45) is 0 Å². The van der Waals surface area contributed by atoms with Gasteiger partial charge in [0.25, 0.3) is 0 Å². The van der Waals surface area contributed by atoms with Crippen molar-refractivity contribution in [3.05, 3.63) is 27.7 Å². The van der Waals surface area contributed by atoms with E-state index in [2.05, 4.69) is 15.9 Å². The van der Waals surface area contributed by atoms with Crippen LogP contribution < -0.4 is 4.90 Å². The van der Waals surface area contributed by atoms with E-state index < -0.39 is 6.10 Å². The van der Waals surface area contributed by atoms with Gasteiger partial charge in [-0.2, -0.15) is 5.26 Å². The van der Waals surface area contributed by atoms with Crippen LogP contribution in [0.5, 0.6) is 0 Å². The molecule has 2 heterocycles. The molecule has 5 nitrogen and oxygen atoms in total. The lowest BCUT2D eigenvalue weighted by Gasteiger charge is -2.32. The fraction of sp³-hybridized carbons (Fsp3) is 0.533. The van der Waals surface area contributed by atoms with E-state index in [1.54, 1.807) is 0 Å². The molecule has 1 atom stereocenters. The summed E-state index contributed by atoms with van der Waals surface area (Å²) in [7, 11) is 0. The quantitative estimate of drug-likeness (QED) is 0.674. The van der Waals surface area contributed by atoms with E-state index >= 15 is 0 Å². The number of aromatic nitrogens is 1. The summed E-state index contributed by atoms with van der Waals surface area (Å²) in [4.78, 5) is 9.84. The number of hydrogen-bond acceptors (Lipinski definition) is 4. The first-order valence-corrected chi connectivity index (χ1v) is 7.47. The number of pyridine rings is 1. The number of anilines is 1. The summed E-state index contributed by atoms with van der Waals surface area (Å²) in [6.07, 6.45) is 3.19. The van der Waals surface area contributed by atoms with Gasteiger partial charge in [-0.15, -0.1) is 0 Å². The van der Waals surface area contributed by atoms with E-state index in [9.17, 15) is 10.4 Å². The zero-order chi connectivity index (χ0) is 15.0. The molecule has 0 spiro atoms. The lowest BCUT2D eigenvalue weighted by Crippen LogP contribution is -2.38. The van der Waals surface area contributed by atoms with Crippen molar-refractivity contribution in [2.75, 3.05) is 18.0 Å². The molecule has 6 heteroatoms. The minimum Gasteiger partial charge on any atom is -0.391 e. The number of rotatable bonds is 2. The summed E-state index contributed by atoms with van der Waals surface area (Å²) < 4.78 is 0. The van der Waals surface area contributed by atoms with Crippen LogP contribution in [0.2, 0.25) is 5.15 Å². The molecular formula is C15H15ClN4O. The Labute approximate surface area is 128 Å². The van der Waals surface area contributed by atoms with Crippen molar-refractivity contribution in [1.82, 2.24) is 4.98 Å². The topological polar surface area (TPSA) is 64.5 Å². The molecule has 1 aromatic rings. The Morgan fingerprint density at radius 1 is 1.43 bits per heavy atom. The second kappa shape index (κ2) is 5.52. The molecule has 1 N–H and O–H groups in total. The molecule has 2 fully saturated rings. The molecule has 0 aromatic carbocycles. The molecule has 1 saturated carbocycles. The smallest absolute Gasteiger partial charge is 0.233 e. The molecule has 1 saturated heterocycles. The zero-order valence-corrected chi connectivity index (χ0v) is 12.3. The maximum absolute atomic E-state index is 9.83. The number of nitrogens with zero attached hydrogens (tertiary/aromatic N) is 4. The van der Waals surface area contributed by atoms with Gasteiger partial charge in [0, 0.05) is 13.1 Å². The predicted octanol–water partition coefficient (Wildman–Crippen LogP) is 3.00. The van der Waals surface area contributed by atoms with Crippen molar-refractivity contribution >= 4 is 23.1 Å². The van der Waals surface area contributed by atoms with Gasteiger partial charge < -0.3 is 10.0 Å². The van der Waals surface area contributed by atoms with Crippen molar-refractivity contribution < 1.29 is 5.11 Å². The Bertz CT molecular complexity index is 657. The largest absolute Gasteiger partial charge is 0.391 e. The van der Waals surface area contributed by atoms with Crippen LogP contribution in [0, 0.1) is 17.9 Å². The fourth-order valence-corrected chi connectivity index (χ4v) is 3.13. The van der Waals surface area contributed by atoms with Crippen LogP contribution in [0.1, 0.15) is 42.7 Å². The highest BCUT2D eigenvalue weighted by atomic mass is 35.5. The summed E-state index contributed by atoms with van der Waals surface area (Å²) in [6, 6.07) is 2.09. The molecule has 1 aliphatic heterocycles. The molecule has 1 aliphatic carbocycles. The number of aliphatic hydroxyl groups excluding tert-OH is 1. The van der Waals surface area contributed by atoms with Crippen LogP contribution in [0.15, 0.2) is 0 Å². The van der Waals surface area contributed by atoms with Crippen LogP contribution in [0.3, 0.4) is 0 Å². The third kappa shape index (κ3) is 2.55. The second-order valence-corrected chi connectivity index (χ2v) is 5.96. The highest BCUT2D eigenvalue weighted by Gasteiger charge is 2.34. The van der Waals surface area contributed by atoms with E-state index in [0.29, 0.717) is 23.6 Å². The summed E-state index contributed by atoms with van der Waals surface area (Å²) in [5.41, 5.74) is 1.53. The Morgan fingerprint density at radius 2 is 2.19 bits per heavy atom. The van der Waals surface area contributed by atoms with Crippen LogP contribution >= 0.6 is 11.6 Å². The molecule has 0 bridgehead atoms. The maximum atomic E-state index is 9.83. The maximum Gasteiger partial charge on any atom is 0.233 e. The van der Waals surface area contributed by atoms with E-state index in [4.69, 9.17) is 18.2 Å². The highest BCUT2D eigenvalue weighted by molar-refractivity contribution is 6.31. The molecule has 0 amide bonds. The number of nitriles is 1. The van der Waals surface area contributed by atoms with Crippen LogP contribution in [-0.4, -0.2) is 29.3 Å². The standard InChI is InChI=1S/C15H15ClN4O/c1-18-13-12(9-4-5-9)11(7-17)14(16)19-15(13)20-6-2-3-10(21)8-20/h9-10,21H,2-6,8H2/t10-/m1/s1. The van der Waals surface area contributed by atoms with Gasteiger partial charge in [-0.05, 0) is 37.2 Å². The normalized spacial score (nSPS) is 21.7. The van der Waals surface area contributed by atoms with Crippen molar-refractivity contribution in [1.29, 1.82) is 5.26 Å². The van der Waals surface area contributed by atoms with Crippen molar-refractivity contribution in [3.63, 3.8) is 0 Å². The number of β-amino-alcohol motifs (C(OH)–C–C–N with tert-alkyl or cyclic N) is 1. The summed E-state index contributed by atoms with van der Waals surface area (Å²) in [5.74, 6) is 0.771. The van der Waals surface area contributed by atoms with E-state index in [1.165, 1.54) is 0 Å². The number of piperidine rings is 1. The van der Waals surface area contributed by atoms with E-state index in [-0.39, 0.29) is 11.1 Å². The van der Waals surface area contributed by atoms with Gasteiger partial charge in [0.15, 0.2) is 0 Å². The second-order valence-electron chi connectivity index (χ2n) is 5.60. The lowest BCUT2D eigenvalue weighted by molar-refractivity contribution is 0.154. The van der Waals surface area contributed by atoms with Gasteiger partial charge in [0.05, 0.1) is 18.2 Å². The molecular weight excluding hydrogens is 288 g/mol. The summed E-state index contributed by atoms with van der Waals surface area (Å²) in [5, 5.41) is 19.3. The third-order valence-corrected chi connectivity index (χ3v) is 4.33. The molecule has 108 valence electrons. The number of aliphatic hydroxyl groups is 1. The highest BCUT2D eigenvalue weighted by Crippen LogP contribution is 2.50. The molecule has 0 unspecified atom stereocenters. The average Bonchev–Trinajstić information content (AvgIpc) is 3.30. The zero-order valence-electron chi connectivity index (χ0n) is 11.5. The predicted molar refractivity (Wildman–Crippen MR) is 79.7 cm³/mol. The molecule has 2 aliphatic rings. The minimum atomic E-state index is -0.405. The van der Waals surface area contributed by atoms with Crippen LogP contribution in [0.4, 0.5) is 11.5 Å². The molecule has 1 aromatic heterocycles. The van der Waals surface area contributed by atoms with Gasteiger partial charge >= 0.3 is 0 Å². The Morgan fingerprint density at radius 3 is 2.76 bits per heavy atom. The molecule has 3 rings (SSSR count). The fourth-order valence-electron chi connectivity index (χ4n) is 2.91. The summed E-state index contributed by atoms with van der Waals surface area (Å²) >= 11 is 6.17. The van der Waals surface area contributed by atoms with Crippen molar-refractivity contribution in [3.8, 4) is 6.07 Å². The first-order valence-electron chi connectivity index (χ1n) is 7.09. The summed E-state index contributed by atoms with van der Waals surface area (Å²) in [6.45, 7) is 8.71. The van der Waals surface area contributed by atoms with Gasteiger partial charge in [-0.25, -0.2) is 9.83 Å². The van der Waals surface area contributed by atoms with Gasteiger partial charge in [-0.1, -0.05) is 11.6 Å². The van der Waals surface area contributed by atoms with Crippen molar-refractivity contribution in [2.45, 2.75) is 37.7 Å². The first-order chi connectivity index (χ1) is 10.2. The minimum absolute atomic E-state index is 0.168. The average molecular weight is 303 g/mol. The number of halogens is 1. The molecule has 0 radical (unpaired) electrons. The Kier molecular flexibility index (Phi) is 3.71. The van der Waals surface area contributed by atoms with Gasteiger partial charge in [0.2, 0.25) is 5.69 Å². The lowest BCUT2D eigenvalue weighted by atomic mass is 10.0. The SMILES string of the molecule is [C-]#[N+]c1c(N2CCC[C@@H](O)C2)nc(Cl)c(C#N)c1C1CC1. The number of hydrogen-bond donors (Lipinski definition) is 1. The third-order valence-electron chi connectivity index (χ3n) is 4.05. The van der Waals surface area contributed by atoms with Crippen LogP contribution in [0.25, 0.3) is 4.85 Å². The Hall–Kier alpha value is -1.82. The Balaban J connectivity index is 2.13. The van der Waals surface area contributed by atoms with Gasteiger partial charge in [-0.3, -0.25) is 0 Å². The van der Waals surface area contributed by atoms with E-state index in [0.717, 1.165) is 37.8 Å². The molecule has 21 heavy (non-hydrogen) atoms. The monoisotopic (exact) mass is 302 g/mol. The van der Waals surface area contributed by atoms with E-state index in [1.807, 2.05) is 4.90 Å².